The minimum Gasteiger partial charge on any atom is -0.229 e. The van der Waals surface area contributed by atoms with E-state index in [9.17, 15) is 0 Å². The average Bonchev–Trinajstić information content (AvgIpc) is 2.17. The van der Waals surface area contributed by atoms with Gasteiger partial charge < -0.3 is 0 Å². The van der Waals surface area contributed by atoms with Crippen LogP contribution in [0.2, 0.25) is 0 Å². The fourth-order valence-corrected chi connectivity index (χ4v) is 2.45. The first-order chi connectivity index (χ1) is 6.33. The number of nitrogens with zero attached hydrogens (tertiary/aromatic N) is 1. The molecule has 1 nitrogen and oxygen atoms in total. The van der Waals surface area contributed by atoms with E-state index in [-0.39, 0.29) is 0 Å². The SMILES string of the molecule is C=C1CCC[N+]2=C1C(=CC)CCC2. The van der Waals surface area contributed by atoms with E-state index in [4.69, 9.17) is 0 Å². The van der Waals surface area contributed by atoms with Crippen LogP contribution in [0.15, 0.2) is 23.8 Å². The Kier molecular flexibility index (Phi) is 2.34. The van der Waals surface area contributed by atoms with Crippen molar-refractivity contribution < 1.29 is 4.58 Å². The summed E-state index contributed by atoms with van der Waals surface area (Å²) in [4.78, 5) is 0. The summed E-state index contributed by atoms with van der Waals surface area (Å²) in [5.74, 6) is 0. The summed E-state index contributed by atoms with van der Waals surface area (Å²) >= 11 is 0. The van der Waals surface area contributed by atoms with E-state index in [0.29, 0.717) is 0 Å². The standard InChI is InChI=1S/C12H18N/c1-3-11-7-5-9-13-8-4-6-10(2)12(11)13/h3H,2,4-9H2,1H3/q+1. The van der Waals surface area contributed by atoms with Crippen molar-refractivity contribution in [2.45, 2.75) is 32.6 Å². The van der Waals surface area contributed by atoms with Crippen molar-refractivity contribution in [3.8, 4) is 0 Å². The van der Waals surface area contributed by atoms with E-state index >= 15 is 0 Å². The fraction of sp³-hybridized carbons (Fsp3) is 0.583. The van der Waals surface area contributed by atoms with Crippen LogP contribution in [0.3, 0.4) is 0 Å². The van der Waals surface area contributed by atoms with E-state index in [1.165, 1.54) is 55.6 Å². The van der Waals surface area contributed by atoms with Gasteiger partial charge in [0.25, 0.3) is 0 Å². The molecule has 0 aromatic heterocycles. The van der Waals surface area contributed by atoms with E-state index in [2.05, 4.69) is 24.2 Å². The summed E-state index contributed by atoms with van der Waals surface area (Å²) in [6, 6.07) is 0. The largest absolute Gasteiger partial charge is 0.229 e. The molecule has 1 heteroatoms. The number of hydrogen-bond acceptors (Lipinski definition) is 0. The lowest BCUT2D eigenvalue weighted by atomic mass is 9.90. The Bertz CT molecular complexity index is 290. The maximum absolute atomic E-state index is 4.18. The smallest absolute Gasteiger partial charge is 0.205 e. The van der Waals surface area contributed by atoms with Gasteiger partial charge in [-0.15, -0.1) is 0 Å². The number of rotatable bonds is 0. The Morgan fingerprint density at radius 3 is 2.62 bits per heavy atom. The van der Waals surface area contributed by atoms with Crippen LogP contribution in [0.4, 0.5) is 0 Å². The molecule has 2 heterocycles. The van der Waals surface area contributed by atoms with Crippen LogP contribution in [0.25, 0.3) is 0 Å². The van der Waals surface area contributed by atoms with Crippen LogP contribution in [0, 0.1) is 0 Å². The lowest BCUT2D eigenvalue weighted by Crippen LogP contribution is -2.33. The van der Waals surface area contributed by atoms with Gasteiger partial charge in [0, 0.05) is 24.0 Å². The van der Waals surface area contributed by atoms with Crippen LogP contribution < -0.4 is 0 Å². The van der Waals surface area contributed by atoms with Gasteiger partial charge in [0.1, 0.15) is 13.1 Å². The van der Waals surface area contributed by atoms with Crippen molar-refractivity contribution in [2.24, 2.45) is 0 Å². The van der Waals surface area contributed by atoms with Crippen molar-refractivity contribution in [1.82, 2.24) is 0 Å². The molecule has 70 valence electrons. The van der Waals surface area contributed by atoms with Crippen LogP contribution in [0.1, 0.15) is 32.6 Å². The monoisotopic (exact) mass is 176 g/mol. The molecular formula is C12H18N+. The predicted octanol–water partition coefficient (Wildman–Crippen LogP) is 2.53. The third-order valence-corrected chi connectivity index (χ3v) is 3.08. The summed E-state index contributed by atoms with van der Waals surface area (Å²) in [7, 11) is 0. The molecule has 0 aromatic rings. The molecule has 0 bridgehead atoms. The topological polar surface area (TPSA) is 3.01 Å². The Morgan fingerprint density at radius 2 is 1.92 bits per heavy atom. The van der Waals surface area contributed by atoms with E-state index < -0.39 is 0 Å². The minimum atomic E-state index is 1.20. The molecule has 2 aliphatic heterocycles. The van der Waals surface area contributed by atoms with Gasteiger partial charge in [0.05, 0.1) is 0 Å². The molecule has 0 saturated heterocycles. The number of allylic oxidation sites excluding steroid dienone is 3. The number of hydrogen-bond donors (Lipinski definition) is 0. The average molecular weight is 176 g/mol. The predicted molar refractivity (Wildman–Crippen MR) is 56.4 cm³/mol. The molecule has 0 amide bonds. The Labute approximate surface area is 80.5 Å². The lowest BCUT2D eigenvalue weighted by molar-refractivity contribution is -0.533. The van der Waals surface area contributed by atoms with Gasteiger partial charge in [0.15, 0.2) is 0 Å². The second-order valence-corrected chi connectivity index (χ2v) is 3.96. The van der Waals surface area contributed by atoms with Crippen molar-refractivity contribution in [1.29, 1.82) is 0 Å². The van der Waals surface area contributed by atoms with Gasteiger partial charge in [-0.05, 0) is 19.8 Å². The van der Waals surface area contributed by atoms with Gasteiger partial charge in [-0.25, -0.2) is 4.58 Å². The highest BCUT2D eigenvalue weighted by molar-refractivity contribution is 6.09. The first-order valence-corrected chi connectivity index (χ1v) is 5.28. The summed E-state index contributed by atoms with van der Waals surface area (Å²) in [6.07, 6.45) is 7.32. The second-order valence-electron chi connectivity index (χ2n) is 3.96. The van der Waals surface area contributed by atoms with Crippen LogP contribution in [0.5, 0.6) is 0 Å². The molecule has 0 atom stereocenters. The summed E-state index contributed by atoms with van der Waals surface area (Å²) in [5, 5.41) is 0. The van der Waals surface area contributed by atoms with Crippen molar-refractivity contribution >= 4 is 5.71 Å². The van der Waals surface area contributed by atoms with E-state index in [1.807, 2.05) is 0 Å². The lowest BCUT2D eigenvalue weighted by Gasteiger charge is -2.22. The summed E-state index contributed by atoms with van der Waals surface area (Å²) in [5.41, 5.74) is 4.36. The second kappa shape index (κ2) is 3.49. The highest BCUT2D eigenvalue weighted by atomic mass is 15.0. The van der Waals surface area contributed by atoms with E-state index in [1.54, 1.807) is 0 Å². The summed E-state index contributed by atoms with van der Waals surface area (Å²) < 4.78 is 2.52. The molecule has 2 rings (SSSR count). The molecule has 0 saturated carbocycles. The molecular weight excluding hydrogens is 158 g/mol. The van der Waals surface area contributed by atoms with Crippen LogP contribution >= 0.6 is 0 Å². The van der Waals surface area contributed by atoms with Crippen molar-refractivity contribution in [2.75, 3.05) is 13.1 Å². The zero-order chi connectivity index (χ0) is 9.26. The van der Waals surface area contributed by atoms with Crippen molar-refractivity contribution in [3.05, 3.63) is 23.8 Å². The highest BCUT2D eigenvalue weighted by Crippen LogP contribution is 2.23. The first-order valence-electron chi connectivity index (χ1n) is 5.28. The maximum Gasteiger partial charge on any atom is 0.205 e. The third-order valence-electron chi connectivity index (χ3n) is 3.08. The molecule has 0 fully saturated rings. The first kappa shape index (κ1) is 8.74. The summed E-state index contributed by atoms with van der Waals surface area (Å²) in [6.45, 7) is 8.81. The Hall–Kier alpha value is -0.850. The normalized spacial score (nSPS) is 26.5. The Morgan fingerprint density at radius 1 is 1.23 bits per heavy atom. The van der Waals surface area contributed by atoms with Crippen molar-refractivity contribution in [3.63, 3.8) is 0 Å². The molecule has 0 radical (unpaired) electrons. The fourth-order valence-electron chi connectivity index (χ4n) is 2.45. The van der Waals surface area contributed by atoms with E-state index in [0.717, 1.165) is 0 Å². The maximum atomic E-state index is 4.18. The molecule has 0 N–H and O–H groups in total. The van der Waals surface area contributed by atoms with Crippen LogP contribution in [-0.2, 0) is 0 Å². The van der Waals surface area contributed by atoms with Gasteiger partial charge in [-0.3, -0.25) is 0 Å². The zero-order valence-electron chi connectivity index (χ0n) is 8.47. The van der Waals surface area contributed by atoms with Crippen LogP contribution in [-0.4, -0.2) is 23.4 Å². The zero-order valence-corrected chi connectivity index (χ0v) is 8.47. The van der Waals surface area contributed by atoms with Gasteiger partial charge >= 0.3 is 0 Å². The molecule has 0 aromatic carbocycles. The van der Waals surface area contributed by atoms with Gasteiger partial charge in [-0.2, -0.15) is 0 Å². The Balaban J connectivity index is 2.42. The van der Waals surface area contributed by atoms with Gasteiger partial charge in [0.2, 0.25) is 5.71 Å². The molecule has 0 aliphatic carbocycles. The quantitative estimate of drug-likeness (QED) is 0.499. The molecule has 0 spiro atoms. The molecule has 2 aliphatic rings. The molecule has 13 heavy (non-hydrogen) atoms. The highest BCUT2D eigenvalue weighted by Gasteiger charge is 2.28. The molecule has 0 unspecified atom stereocenters. The van der Waals surface area contributed by atoms with Gasteiger partial charge in [-0.1, -0.05) is 12.7 Å². The third kappa shape index (κ3) is 1.48. The minimum absolute atomic E-state index is 1.20.